The molecule has 0 radical (unpaired) electrons. The monoisotopic (exact) mass is 534 g/mol. The van der Waals surface area contributed by atoms with Crippen LogP contribution >= 0.6 is 0 Å². The van der Waals surface area contributed by atoms with E-state index in [4.69, 9.17) is 0 Å². The molecule has 0 nitrogen and oxygen atoms in total. The van der Waals surface area contributed by atoms with Gasteiger partial charge in [0, 0.05) is 5.92 Å². The third-order valence-electron chi connectivity index (χ3n) is 8.75. The van der Waals surface area contributed by atoms with E-state index in [9.17, 15) is 0 Å². The van der Waals surface area contributed by atoms with Crippen molar-refractivity contribution in [2.45, 2.75) is 12.3 Å². The quantitative estimate of drug-likeness (QED) is 0.197. The highest BCUT2D eigenvalue weighted by molar-refractivity contribution is 6.23. The first-order chi connectivity index (χ1) is 20.8. The van der Waals surface area contributed by atoms with Crippen molar-refractivity contribution in [2.75, 3.05) is 0 Å². The lowest BCUT2D eigenvalue weighted by molar-refractivity contribution is 0.854. The Hall–Kier alpha value is -5.20. The summed E-state index contributed by atoms with van der Waals surface area (Å²) in [5.41, 5.74) is 9.03. The fraction of sp³-hybridized carbons (Fsp3) is 0.0476. The van der Waals surface area contributed by atoms with Crippen LogP contribution in [0.1, 0.15) is 17.9 Å². The maximum Gasteiger partial charge on any atom is 0.00561 e. The SMILES string of the molecule is C1=CCC(c2cc(-c3ccccc3)cc(-c3c4ccccc4c(-c4cccc5ccccc45)c4ccccc34)c2)C=C1. The normalized spacial score (nSPS) is 14.6. The van der Waals surface area contributed by atoms with E-state index >= 15 is 0 Å². The van der Waals surface area contributed by atoms with Gasteiger partial charge in [0.25, 0.3) is 0 Å². The summed E-state index contributed by atoms with van der Waals surface area (Å²) in [6.45, 7) is 0. The van der Waals surface area contributed by atoms with E-state index in [1.165, 1.54) is 71.3 Å². The molecule has 1 unspecified atom stereocenters. The Morgan fingerprint density at radius 1 is 0.429 bits per heavy atom. The number of benzene rings is 7. The molecule has 198 valence electrons. The smallest absolute Gasteiger partial charge is 0.00561 e. The van der Waals surface area contributed by atoms with Crippen molar-refractivity contribution in [1.29, 1.82) is 0 Å². The van der Waals surface area contributed by atoms with E-state index < -0.39 is 0 Å². The molecule has 0 fully saturated rings. The van der Waals surface area contributed by atoms with Gasteiger partial charge in [-0.1, -0.05) is 158 Å². The molecule has 0 N–H and O–H groups in total. The largest absolute Gasteiger partial charge is 0.0836 e. The summed E-state index contributed by atoms with van der Waals surface area (Å²) in [5.74, 6) is 0.366. The summed E-state index contributed by atoms with van der Waals surface area (Å²) in [4.78, 5) is 0. The second kappa shape index (κ2) is 10.3. The predicted octanol–water partition coefficient (Wildman–Crippen LogP) is 11.7. The zero-order valence-electron chi connectivity index (χ0n) is 23.4. The van der Waals surface area contributed by atoms with Gasteiger partial charge in [-0.3, -0.25) is 0 Å². The summed E-state index contributed by atoms with van der Waals surface area (Å²) in [7, 11) is 0. The Morgan fingerprint density at radius 3 is 1.71 bits per heavy atom. The minimum absolute atomic E-state index is 0.366. The Balaban J connectivity index is 1.47. The molecule has 7 aromatic carbocycles. The van der Waals surface area contributed by atoms with E-state index in [0.29, 0.717) is 5.92 Å². The third kappa shape index (κ3) is 4.16. The molecule has 1 aliphatic carbocycles. The van der Waals surface area contributed by atoms with Crippen LogP contribution in [-0.4, -0.2) is 0 Å². The molecule has 0 saturated heterocycles. The Kier molecular flexibility index (Phi) is 6.04. The van der Waals surface area contributed by atoms with E-state index in [1.54, 1.807) is 0 Å². The van der Waals surface area contributed by atoms with Gasteiger partial charge in [0.15, 0.2) is 0 Å². The second-order valence-electron chi connectivity index (χ2n) is 11.2. The average Bonchev–Trinajstić information content (AvgIpc) is 3.07. The highest BCUT2D eigenvalue weighted by Gasteiger charge is 2.20. The maximum atomic E-state index is 2.44. The second-order valence-corrected chi connectivity index (χ2v) is 11.2. The van der Waals surface area contributed by atoms with Gasteiger partial charge in [-0.15, -0.1) is 0 Å². The van der Waals surface area contributed by atoms with Crippen molar-refractivity contribution >= 4 is 32.3 Å². The first-order valence-electron chi connectivity index (χ1n) is 14.8. The van der Waals surface area contributed by atoms with Crippen LogP contribution in [0.2, 0.25) is 0 Å². The molecule has 7 aromatic rings. The van der Waals surface area contributed by atoms with Gasteiger partial charge in [-0.05, 0) is 83.7 Å². The molecular formula is C42H30. The Labute approximate surface area is 246 Å². The van der Waals surface area contributed by atoms with Gasteiger partial charge in [0.05, 0.1) is 0 Å². The fourth-order valence-corrected chi connectivity index (χ4v) is 6.81. The lowest BCUT2D eigenvalue weighted by atomic mass is 9.82. The molecule has 1 atom stereocenters. The summed E-state index contributed by atoms with van der Waals surface area (Å²) >= 11 is 0. The summed E-state index contributed by atoms with van der Waals surface area (Å²) in [6.07, 6.45) is 9.99. The van der Waals surface area contributed by atoms with Crippen molar-refractivity contribution in [3.63, 3.8) is 0 Å². The van der Waals surface area contributed by atoms with Crippen molar-refractivity contribution in [2.24, 2.45) is 0 Å². The van der Waals surface area contributed by atoms with Gasteiger partial charge in [0.2, 0.25) is 0 Å². The van der Waals surface area contributed by atoms with Gasteiger partial charge in [-0.2, -0.15) is 0 Å². The predicted molar refractivity (Wildman–Crippen MR) is 181 cm³/mol. The zero-order valence-corrected chi connectivity index (χ0v) is 23.4. The number of allylic oxidation sites excluding steroid dienone is 4. The van der Waals surface area contributed by atoms with Crippen LogP contribution in [0.15, 0.2) is 164 Å². The summed E-state index contributed by atoms with van der Waals surface area (Å²) in [6, 6.07) is 51.4. The van der Waals surface area contributed by atoms with Crippen LogP contribution in [0.25, 0.3) is 65.7 Å². The number of hydrogen-bond donors (Lipinski definition) is 0. The number of hydrogen-bond acceptors (Lipinski definition) is 0. The van der Waals surface area contributed by atoms with Gasteiger partial charge < -0.3 is 0 Å². The molecule has 8 rings (SSSR count). The lowest BCUT2D eigenvalue weighted by Crippen LogP contribution is -1.98. The van der Waals surface area contributed by atoms with Crippen LogP contribution in [0.5, 0.6) is 0 Å². The third-order valence-corrected chi connectivity index (χ3v) is 8.75. The van der Waals surface area contributed by atoms with Gasteiger partial charge in [0.1, 0.15) is 0 Å². The van der Waals surface area contributed by atoms with E-state index in [2.05, 4.69) is 164 Å². The van der Waals surface area contributed by atoms with E-state index in [-0.39, 0.29) is 0 Å². The molecule has 0 aliphatic heterocycles. The molecular weight excluding hydrogens is 504 g/mol. The fourth-order valence-electron chi connectivity index (χ4n) is 6.81. The molecule has 0 spiro atoms. The molecule has 0 aromatic heterocycles. The zero-order chi connectivity index (χ0) is 27.9. The van der Waals surface area contributed by atoms with Crippen molar-refractivity contribution in [3.8, 4) is 33.4 Å². The highest BCUT2D eigenvalue weighted by Crippen LogP contribution is 2.46. The van der Waals surface area contributed by atoms with Crippen LogP contribution < -0.4 is 0 Å². The van der Waals surface area contributed by atoms with E-state index in [1.807, 2.05) is 0 Å². The Bertz CT molecular complexity index is 2100. The van der Waals surface area contributed by atoms with Gasteiger partial charge in [-0.25, -0.2) is 0 Å². The van der Waals surface area contributed by atoms with Crippen LogP contribution in [0.3, 0.4) is 0 Å². The van der Waals surface area contributed by atoms with Crippen LogP contribution in [-0.2, 0) is 0 Å². The number of fused-ring (bicyclic) bond motifs is 3. The summed E-state index contributed by atoms with van der Waals surface area (Å²) in [5, 5.41) is 7.70. The molecule has 0 heterocycles. The molecule has 0 saturated carbocycles. The standard InChI is InChI=1S/C42H30/c1-3-14-29(15-4-1)32-26-33(30-16-5-2-6-17-30)28-34(27-32)41-37-21-9-11-23-39(37)42(40-24-12-10-22-38(40)41)36-25-13-19-31-18-7-8-20-35(31)36/h1-16,18-28,30H,17H2. The van der Waals surface area contributed by atoms with Gasteiger partial charge >= 0.3 is 0 Å². The molecule has 0 heteroatoms. The number of rotatable bonds is 4. The van der Waals surface area contributed by atoms with Crippen LogP contribution in [0.4, 0.5) is 0 Å². The van der Waals surface area contributed by atoms with Crippen molar-refractivity contribution in [1.82, 2.24) is 0 Å². The topological polar surface area (TPSA) is 0 Å². The van der Waals surface area contributed by atoms with Crippen molar-refractivity contribution in [3.05, 3.63) is 169 Å². The highest BCUT2D eigenvalue weighted by atomic mass is 14.2. The average molecular weight is 535 g/mol. The molecule has 0 amide bonds. The first-order valence-corrected chi connectivity index (χ1v) is 14.8. The van der Waals surface area contributed by atoms with Crippen LogP contribution in [0, 0.1) is 0 Å². The maximum absolute atomic E-state index is 2.44. The first kappa shape index (κ1) is 24.6. The minimum atomic E-state index is 0.366. The van der Waals surface area contributed by atoms with Crippen molar-refractivity contribution < 1.29 is 0 Å². The lowest BCUT2D eigenvalue weighted by Gasteiger charge is -2.21. The molecule has 0 bridgehead atoms. The molecule has 42 heavy (non-hydrogen) atoms. The minimum Gasteiger partial charge on any atom is -0.0836 e. The molecule has 1 aliphatic rings. The van der Waals surface area contributed by atoms with E-state index in [0.717, 1.165) is 6.42 Å². The summed E-state index contributed by atoms with van der Waals surface area (Å²) < 4.78 is 0. The Morgan fingerprint density at radius 2 is 1.02 bits per heavy atom.